The lowest BCUT2D eigenvalue weighted by molar-refractivity contribution is -0.384. The molecule has 0 radical (unpaired) electrons. The van der Waals surface area contributed by atoms with E-state index in [1.165, 1.54) is 17.0 Å². The van der Waals surface area contributed by atoms with Crippen LogP contribution in [0.2, 0.25) is 0 Å². The lowest BCUT2D eigenvalue weighted by Crippen LogP contribution is -2.45. The van der Waals surface area contributed by atoms with Crippen molar-refractivity contribution in [1.29, 1.82) is 0 Å². The van der Waals surface area contributed by atoms with Gasteiger partial charge in [0.25, 0.3) is 11.6 Å². The van der Waals surface area contributed by atoms with E-state index in [1.807, 2.05) is 22.8 Å². The van der Waals surface area contributed by atoms with Crippen LogP contribution in [0.4, 0.5) is 5.69 Å². The normalized spacial score (nSPS) is 16.5. The van der Waals surface area contributed by atoms with Gasteiger partial charge < -0.3 is 9.30 Å². The van der Waals surface area contributed by atoms with Crippen LogP contribution in [0.1, 0.15) is 24.4 Å². The Kier molecular flexibility index (Phi) is 5.01. The van der Waals surface area contributed by atoms with Gasteiger partial charge in [-0.3, -0.25) is 24.6 Å². The van der Waals surface area contributed by atoms with Gasteiger partial charge in [0.2, 0.25) is 5.91 Å². The number of benzene rings is 2. The van der Waals surface area contributed by atoms with Crippen molar-refractivity contribution in [1.82, 2.24) is 14.5 Å². The fraction of sp³-hybridized carbons (Fsp3) is 0.208. The average molecular weight is 444 g/mol. The Morgan fingerprint density at radius 3 is 2.64 bits per heavy atom. The van der Waals surface area contributed by atoms with Crippen molar-refractivity contribution in [2.24, 2.45) is 0 Å². The van der Waals surface area contributed by atoms with Crippen LogP contribution in [0, 0.1) is 10.1 Å². The third kappa shape index (κ3) is 3.47. The summed E-state index contributed by atoms with van der Waals surface area (Å²) in [5, 5.41) is 12.7. The number of fused-ring (bicyclic) bond motifs is 3. The number of ether oxygens (including phenoxy) is 1. The van der Waals surface area contributed by atoms with Crippen LogP contribution < -0.4 is 4.74 Å². The number of likely N-dealkylation sites (tertiary alicyclic amines) is 1. The Morgan fingerprint density at radius 2 is 1.91 bits per heavy atom. The molecular formula is C24H20N4O5. The van der Waals surface area contributed by atoms with Crippen LogP contribution in [0.15, 0.2) is 60.8 Å². The van der Waals surface area contributed by atoms with Gasteiger partial charge >= 0.3 is 0 Å². The summed E-state index contributed by atoms with van der Waals surface area (Å²) in [4.78, 5) is 42.8. The SMILES string of the molecule is COc1ccc(CN2C(=O)CCC(n3c4ccc([N+](=O)[O-])cc4c4cccnc43)C2=O)cc1. The number of hydrogen-bond acceptors (Lipinski definition) is 6. The first-order chi connectivity index (χ1) is 16.0. The number of pyridine rings is 1. The number of piperidine rings is 1. The van der Waals surface area contributed by atoms with E-state index >= 15 is 0 Å². The fourth-order valence-corrected chi connectivity index (χ4v) is 4.43. The largest absolute Gasteiger partial charge is 0.497 e. The molecule has 9 heteroatoms. The van der Waals surface area contributed by atoms with Gasteiger partial charge in [-0.2, -0.15) is 0 Å². The molecule has 0 saturated carbocycles. The van der Waals surface area contributed by atoms with Crippen LogP contribution in [-0.2, 0) is 16.1 Å². The third-order valence-electron chi connectivity index (χ3n) is 6.05. The molecule has 0 N–H and O–H groups in total. The maximum atomic E-state index is 13.5. The molecule has 1 fully saturated rings. The number of hydrogen-bond donors (Lipinski definition) is 0. The van der Waals surface area contributed by atoms with Crippen LogP contribution in [0.25, 0.3) is 21.9 Å². The number of nitro groups is 1. The van der Waals surface area contributed by atoms with Gasteiger partial charge in [0.05, 0.1) is 24.1 Å². The van der Waals surface area contributed by atoms with Gasteiger partial charge in [-0.25, -0.2) is 4.98 Å². The van der Waals surface area contributed by atoms with E-state index in [1.54, 1.807) is 37.6 Å². The molecule has 3 heterocycles. The van der Waals surface area contributed by atoms with Crippen molar-refractivity contribution in [3.05, 3.63) is 76.5 Å². The number of rotatable bonds is 5. The minimum atomic E-state index is -0.641. The van der Waals surface area contributed by atoms with Crippen molar-refractivity contribution in [2.45, 2.75) is 25.4 Å². The minimum Gasteiger partial charge on any atom is -0.497 e. The zero-order chi connectivity index (χ0) is 23.1. The zero-order valence-corrected chi connectivity index (χ0v) is 17.8. The van der Waals surface area contributed by atoms with Crippen molar-refractivity contribution in [2.75, 3.05) is 7.11 Å². The number of aromatic nitrogens is 2. The lowest BCUT2D eigenvalue weighted by atomic mass is 10.0. The summed E-state index contributed by atoms with van der Waals surface area (Å²) in [5.41, 5.74) is 2.02. The Labute approximate surface area is 188 Å². The topological polar surface area (TPSA) is 108 Å². The monoisotopic (exact) mass is 444 g/mol. The van der Waals surface area contributed by atoms with Gasteiger partial charge in [-0.05, 0) is 42.3 Å². The number of nitrogens with zero attached hydrogens (tertiary/aromatic N) is 4. The molecular weight excluding hydrogens is 424 g/mol. The molecule has 2 amide bonds. The Balaban J connectivity index is 1.57. The van der Waals surface area contributed by atoms with Gasteiger partial charge in [0.1, 0.15) is 17.4 Å². The quantitative estimate of drug-likeness (QED) is 0.262. The van der Waals surface area contributed by atoms with Gasteiger partial charge in [0, 0.05) is 35.5 Å². The van der Waals surface area contributed by atoms with E-state index in [2.05, 4.69) is 4.98 Å². The number of imide groups is 1. The molecule has 1 saturated heterocycles. The van der Waals surface area contributed by atoms with Crippen molar-refractivity contribution >= 4 is 39.4 Å². The summed E-state index contributed by atoms with van der Waals surface area (Å²) in [6.07, 6.45) is 2.18. The van der Waals surface area contributed by atoms with E-state index in [9.17, 15) is 19.7 Å². The molecule has 33 heavy (non-hydrogen) atoms. The predicted molar refractivity (Wildman–Crippen MR) is 121 cm³/mol. The molecule has 0 spiro atoms. The molecule has 9 nitrogen and oxygen atoms in total. The third-order valence-corrected chi connectivity index (χ3v) is 6.05. The highest BCUT2D eigenvalue weighted by molar-refractivity contribution is 6.09. The van der Waals surface area contributed by atoms with Gasteiger partial charge in [0.15, 0.2) is 0 Å². The highest BCUT2D eigenvalue weighted by Gasteiger charge is 2.37. The van der Waals surface area contributed by atoms with Crippen LogP contribution >= 0.6 is 0 Å². The highest BCUT2D eigenvalue weighted by atomic mass is 16.6. The number of non-ortho nitro benzene ring substituents is 1. The van der Waals surface area contributed by atoms with Gasteiger partial charge in [-0.1, -0.05) is 12.1 Å². The van der Waals surface area contributed by atoms with Gasteiger partial charge in [-0.15, -0.1) is 0 Å². The number of carbonyl (C=O) groups excluding carboxylic acids is 2. The number of methoxy groups -OCH3 is 1. The second-order valence-corrected chi connectivity index (χ2v) is 7.92. The van der Waals surface area contributed by atoms with E-state index in [-0.39, 0.29) is 30.5 Å². The average Bonchev–Trinajstić information content (AvgIpc) is 3.16. The molecule has 4 aromatic rings. The second kappa shape index (κ2) is 8.01. The van der Waals surface area contributed by atoms with E-state index in [0.717, 1.165) is 10.9 Å². The molecule has 5 rings (SSSR count). The maximum Gasteiger partial charge on any atom is 0.270 e. The maximum absolute atomic E-state index is 13.5. The second-order valence-electron chi connectivity index (χ2n) is 7.92. The predicted octanol–water partition coefficient (Wildman–Crippen LogP) is 4.00. The van der Waals surface area contributed by atoms with Crippen molar-refractivity contribution in [3.8, 4) is 5.75 Å². The Morgan fingerprint density at radius 1 is 1.12 bits per heavy atom. The van der Waals surface area contributed by atoms with Crippen LogP contribution in [0.5, 0.6) is 5.75 Å². The molecule has 1 aliphatic heterocycles. The molecule has 2 aromatic heterocycles. The number of amides is 2. The Bertz CT molecular complexity index is 1410. The zero-order valence-electron chi connectivity index (χ0n) is 17.8. The minimum absolute atomic E-state index is 0.0308. The van der Waals surface area contributed by atoms with Crippen molar-refractivity contribution < 1.29 is 19.2 Å². The van der Waals surface area contributed by atoms with E-state index in [4.69, 9.17) is 4.74 Å². The van der Waals surface area contributed by atoms with Crippen LogP contribution in [-0.4, -0.2) is 38.3 Å². The van der Waals surface area contributed by atoms with E-state index in [0.29, 0.717) is 28.7 Å². The summed E-state index contributed by atoms with van der Waals surface area (Å²) in [6, 6.07) is 14.7. The van der Waals surface area contributed by atoms with Crippen molar-refractivity contribution in [3.63, 3.8) is 0 Å². The summed E-state index contributed by atoms with van der Waals surface area (Å²) in [6.45, 7) is 0.161. The molecule has 0 aliphatic carbocycles. The summed E-state index contributed by atoms with van der Waals surface area (Å²) in [5.74, 6) is 0.152. The fourth-order valence-electron chi connectivity index (χ4n) is 4.43. The molecule has 2 aromatic carbocycles. The first kappa shape index (κ1) is 20.6. The lowest BCUT2D eigenvalue weighted by Gasteiger charge is -2.32. The smallest absolute Gasteiger partial charge is 0.270 e. The molecule has 1 aliphatic rings. The Hall–Kier alpha value is -4.27. The highest BCUT2D eigenvalue weighted by Crippen LogP contribution is 2.36. The standard InChI is InChI=1S/C24H20N4O5/c1-33-17-7-4-15(5-8-17)14-26-22(29)11-10-21(24(26)30)27-20-9-6-16(28(31)32)13-19(20)18-3-2-12-25-23(18)27/h2-9,12-13,21H,10-11,14H2,1H3. The molecule has 166 valence electrons. The molecule has 0 bridgehead atoms. The summed E-state index contributed by atoms with van der Waals surface area (Å²) < 4.78 is 6.98. The molecule has 1 unspecified atom stereocenters. The summed E-state index contributed by atoms with van der Waals surface area (Å²) in [7, 11) is 1.58. The summed E-state index contributed by atoms with van der Waals surface area (Å²) >= 11 is 0. The number of nitro benzene ring substituents is 1. The van der Waals surface area contributed by atoms with E-state index < -0.39 is 11.0 Å². The first-order valence-electron chi connectivity index (χ1n) is 10.5. The molecule has 1 atom stereocenters. The first-order valence-corrected chi connectivity index (χ1v) is 10.5. The van der Waals surface area contributed by atoms with Crippen LogP contribution in [0.3, 0.4) is 0 Å². The number of carbonyl (C=O) groups is 2.